The first kappa shape index (κ1) is 24.7. The van der Waals surface area contributed by atoms with E-state index in [2.05, 4.69) is 16.0 Å². The highest BCUT2D eigenvalue weighted by Crippen LogP contribution is 2.00. The maximum absolute atomic E-state index is 12.5. The van der Waals surface area contributed by atoms with Crippen LogP contribution in [0.5, 0.6) is 0 Å². The molecule has 0 spiro atoms. The first-order valence-corrected chi connectivity index (χ1v) is 11.2. The van der Waals surface area contributed by atoms with Crippen molar-refractivity contribution in [2.75, 3.05) is 19.6 Å². The van der Waals surface area contributed by atoms with Gasteiger partial charge in [-0.15, -0.1) is 0 Å². The molecule has 0 aliphatic rings. The van der Waals surface area contributed by atoms with Gasteiger partial charge >= 0.3 is 0 Å². The smallest absolute Gasteiger partial charge is 0.234 e. The minimum absolute atomic E-state index is 0.0651. The van der Waals surface area contributed by atoms with Crippen molar-refractivity contribution >= 4 is 17.7 Å². The summed E-state index contributed by atoms with van der Waals surface area (Å²) in [6.45, 7) is 0.953. The van der Waals surface area contributed by atoms with Crippen molar-refractivity contribution in [3.8, 4) is 0 Å². The van der Waals surface area contributed by atoms with Gasteiger partial charge < -0.3 is 16.0 Å². The standard InChI is InChI=1S/C27H30N4O3/c32-25(28-16-22-10-4-1-5-11-22)19-31(20-26(33)29-17-23-12-6-2-7-13-23)21-27(34)30-18-24-14-8-3-9-15-24/h1-15H,16-21H2,(H,28,32)(H,29,33)(H,30,34). The zero-order valence-corrected chi connectivity index (χ0v) is 19.1. The molecular weight excluding hydrogens is 428 g/mol. The van der Waals surface area contributed by atoms with Crippen LogP contribution in [0.25, 0.3) is 0 Å². The maximum atomic E-state index is 12.5. The average Bonchev–Trinajstić information content (AvgIpc) is 2.87. The fraction of sp³-hybridized carbons (Fsp3) is 0.222. The molecule has 0 aromatic heterocycles. The Balaban J connectivity index is 1.53. The van der Waals surface area contributed by atoms with Crippen LogP contribution in [0.2, 0.25) is 0 Å². The number of hydrogen-bond donors (Lipinski definition) is 3. The predicted molar refractivity (Wildman–Crippen MR) is 131 cm³/mol. The van der Waals surface area contributed by atoms with Gasteiger partial charge in [0, 0.05) is 19.6 Å². The third kappa shape index (κ3) is 9.26. The highest BCUT2D eigenvalue weighted by molar-refractivity contribution is 5.84. The van der Waals surface area contributed by atoms with Gasteiger partial charge in [0.15, 0.2) is 0 Å². The quantitative estimate of drug-likeness (QED) is 0.388. The van der Waals surface area contributed by atoms with Crippen molar-refractivity contribution in [2.45, 2.75) is 19.6 Å². The molecule has 0 saturated carbocycles. The van der Waals surface area contributed by atoms with Crippen LogP contribution < -0.4 is 16.0 Å². The molecule has 0 aliphatic carbocycles. The number of nitrogens with one attached hydrogen (secondary N) is 3. The summed E-state index contributed by atoms with van der Waals surface area (Å²) in [4.78, 5) is 39.1. The van der Waals surface area contributed by atoms with Crippen molar-refractivity contribution in [3.05, 3.63) is 108 Å². The molecule has 0 heterocycles. The summed E-state index contributed by atoms with van der Waals surface area (Å²) in [5.74, 6) is -0.762. The minimum Gasteiger partial charge on any atom is -0.351 e. The summed E-state index contributed by atoms with van der Waals surface area (Å²) in [6, 6.07) is 28.7. The van der Waals surface area contributed by atoms with Crippen LogP contribution in [0, 0.1) is 0 Å². The molecule has 0 unspecified atom stereocenters. The zero-order chi connectivity index (χ0) is 24.0. The Morgan fingerprint density at radius 3 is 1.00 bits per heavy atom. The van der Waals surface area contributed by atoms with Crippen molar-refractivity contribution in [2.24, 2.45) is 0 Å². The SMILES string of the molecule is O=C(CN(CC(=O)NCc1ccccc1)CC(=O)NCc1ccccc1)NCc1ccccc1. The Morgan fingerprint density at radius 2 is 0.735 bits per heavy atom. The molecule has 0 aliphatic heterocycles. The molecule has 0 atom stereocenters. The summed E-state index contributed by atoms with van der Waals surface area (Å²) >= 11 is 0. The maximum Gasteiger partial charge on any atom is 0.234 e. The van der Waals surface area contributed by atoms with E-state index in [0.717, 1.165) is 16.7 Å². The van der Waals surface area contributed by atoms with E-state index < -0.39 is 0 Å². The lowest BCUT2D eigenvalue weighted by molar-refractivity contribution is -0.127. The largest absolute Gasteiger partial charge is 0.351 e. The van der Waals surface area contributed by atoms with Crippen LogP contribution in [0.1, 0.15) is 16.7 Å². The number of benzene rings is 3. The fourth-order valence-corrected chi connectivity index (χ4v) is 3.33. The van der Waals surface area contributed by atoms with Crippen LogP contribution in [-0.2, 0) is 34.0 Å². The van der Waals surface area contributed by atoms with E-state index in [9.17, 15) is 14.4 Å². The Bertz CT molecular complexity index is 907. The topological polar surface area (TPSA) is 90.5 Å². The van der Waals surface area contributed by atoms with Gasteiger partial charge in [0.25, 0.3) is 0 Å². The van der Waals surface area contributed by atoms with Crippen molar-refractivity contribution < 1.29 is 14.4 Å². The second-order valence-corrected chi connectivity index (χ2v) is 7.93. The molecule has 7 nitrogen and oxygen atoms in total. The van der Waals surface area contributed by atoms with E-state index >= 15 is 0 Å². The van der Waals surface area contributed by atoms with E-state index in [0.29, 0.717) is 19.6 Å². The van der Waals surface area contributed by atoms with E-state index in [1.165, 1.54) is 0 Å². The summed E-state index contributed by atoms with van der Waals surface area (Å²) in [5, 5.41) is 8.54. The summed E-state index contributed by atoms with van der Waals surface area (Å²) < 4.78 is 0. The molecule has 3 rings (SSSR count). The van der Waals surface area contributed by atoms with Crippen molar-refractivity contribution in [3.63, 3.8) is 0 Å². The third-order valence-electron chi connectivity index (χ3n) is 5.10. The number of hydrogen-bond acceptors (Lipinski definition) is 4. The van der Waals surface area contributed by atoms with Gasteiger partial charge in [0.05, 0.1) is 19.6 Å². The Morgan fingerprint density at radius 1 is 0.471 bits per heavy atom. The molecule has 176 valence electrons. The van der Waals surface area contributed by atoms with Gasteiger partial charge in [-0.2, -0.15) is 0 Å². The average molecular weight is 459 g/mol. The normalized spacial score (nSPS) is 10.5. The van der Waals surface area contributed by atoms with Gasteiger partial charge in [0.2, 0.25) is 17.7 Å². The van der Waals surface area contributed by atoms with E-state index in [1.54, 1.807) is 4.90 Å². The number of rotatable bonds is 12. The minimum atomic E-state index is -0.254. The highest BCUT2D eigenvalue weighted by atomic mass is 16.2. The molecule has 3 N–H and O–H groups in total. The second kappa shape index (κ2) is 13.5. The lowest BCUT2D eigenvalue weighted by atomic mass is 10.2. The first-order valence-electron chi connectivity index (χ1n) is 11.2. The summed E-state index contributed by atoms with van der Waals surface area (Å²) in [6.07, 6.45) is 0. The van der Waals surface area contributed by atoms with Crippen LogP contribution in [0.3, 0.4) is 0 Å². The molecule has 0 saturated heterocycles. The molecule has 3 aromatic carbocycles. The zero-order valence-electron chi connectivity index (χ0n) is 19.1. The predicted octanol–water partition coefficient (Wildman–Crippen LogP) is 2.24. The summed E-state index contributed by atoms with van der Waals surface area (Å²) in [7, 11) is 0. The van der Waals surface area contributed by atoms with Crippen molar-refractivity contribution in [1.82, 2.24) is 20.9 Å². The van der Waals surface area contributed by atoms with Crippen LogP contribution in [0.4, 0.5) is 0 Å². The third-order valence-corrected chi connectivity index (χ3v) is 5.10. The van der Waals surface area contributed by atoms with Crippen molar-refractivity contribution in [1.29, 1.82) is 0 Å². The lowest BCUT2D eigenvalue weighted by Gasteiger charge is -2.21. The van der Waals surface area contributed by atoms with Gasteiger partial charge in [-0.05, 0) is 16.7 Å². The van der Waals surface area contributed by atoms with Gasteiger partial charge in [-0.3, -0.25) is 19.3 Å². The monoisotopic (exact) mass is 458 g/mol. The van der Waals surface area contributed by atoms with Crippen LogP contribution >= 0.6 is 0 Å². The number of carbonyl (C=O) groups is 3. The number of nitrogens with zero attached hydrogens (tertiary/aromatic N) is 1. The van der Waals surface area contributed by atoms with Crippen LogP contribution in [-0.4, -0.2) is 42.3 Å². The highest BCUT2D eigenvalue weighted by Gasteiger charge is 2.18. The lowest BCUT2D eigenvalue weighted by Crippen LogP contribution is -2.46. The van der Waals surface area contributed by atoms with E-state index in [4.69, 9.17) is 0 Å². The molecule has 0 bridgehead atoms. The fourth-order valence-electron chi connectivity index (χ4n) is 3.33. The van der Waals surface area contributed by atoms with E-state index in [1.807, 2.05) is 91.0 Å². The Kier molecular flexibility index (Phi) is 9.83. The Labute approximate surface area is 200 Å². The Hall–Kier alpha value is -3.97. The molecule has 0 fully saturated rings. The molecule has 0 radical (unpaired) electrons. The number of amides is 3. The summed E-state index contributed by atoms with van der Waals surface area (Å²) in [5.41, 5.74) is 2.93. The van der Waals surface area contributed by atoms with Gasteiger partial charge in [0.1, 0.15) is 0 Å². The molecule has 34 heavy (non-hydrogen) atoms. The van der Waals surface area contributed by atoms with Gasteiger partial charge in [-0.25, -0.2) is 0 Å². The molecule has 3 amide bonds. The molecule has 3 aromatic rings. The van der Waals surface area contributed by atoms with Crippen LogP contribution in [0.15, 0.2) is 91.0 Å². The van der Waals surface area contributed by atoms with E-state index in [-0.39, 0.29) is 37.4 Å². The molecular formula is C27H30N4O3. The second-order valence-electron chi connectivity index (χ2n) is 7.93. The first-order chi connectivity index (χ1) is 16.6. The molecule has 7 heteroatoms. The number of carbonyl (C=O) groups excluding carboxylic acids is 3. The van der Waals surface area contributed by atoms with Gasteiger partial charge in [-0.1, -0.05) is 91.0 Å².